The SMILES string of the molecule is Cc1ccc(C(C)(C)c2ccc(N3CC4(CCCOC4)C3)cc2)cc1. The minimum atomic E-state index is 0.0274. The van der Waals surface area contributed by atoms with E-state index >= 15 is 0 Å². The Kier molecular flexibility index (Phi) is 4.11. The molecule has 1 spiro atoms. The molecule has 0 saturated carbocycles. The van der Waals surface area contributed by atoms with E-state index in [0.29, 0.717) is 5.41 Å². The summed E-state index contributed by atoms with van der Waals surface area (Å²) in [5.41, 5.74) is 5.86. The zero-order chi connectivity index (χ0) is 17.5. The van der Waals surface area contributed by atoms with Gasteiger partial charge in [-0.3, -0.25) is 0 Å². The van der Waals surface area contributed by atoms with E-state index < -0.39 is 0 Å². The lowest BCUT2D eigenvalue weighted by Gasteiger charge is -2.53. The minimum Gasteiger partial charge on any atom is -0.381 e. The maximum absolute atomic E-state index is 5.71. The van der Waals surface area contributed by atoms with E-state index in [1.165, 1.54) is 35.2 Å². The molecule has 4 rings (SSSR count). The van der Waals surface area contributed by atoms with Crippen molar-refractivity contribution in [2.24, 2.45) is 5.41 Å². The lowest BCUT2D eigenvalue weighted by atomic mass is 9.75. The summed E-state index contributed by atoms with van der Waals surface area (Å²) < 4.78 is 5.71. The van der Waals surface area contributed by atoms with Gasteiger partial charge in [-0.2, -0.15) is 0 Å². The second-order valence-electron chi connectivity index (χ2n) is 8.55. The van der Waals surface area contributed by atoms with Crippen LogP contribution in [0.15, 0.2) is 48.5 Å². The molecule has 2 heterocycles. The Morgan fingerprint density at radius 3 is 2.08 bits per heavy atom. The number of hydrogen-bond acceptors (Lipinski definition) is 2. The van der Waals surface area contributed by atoms with Gasteiger partial charge in [0.15, 0.2) is 0 Å². The molecule has 2 nitrogen and oxygen atoms in total. The molecule has 2 aromatic rings. The molecule has 2 saturated heterocycles. The van der Waals surface area contributed by atoms with E-state index in [9.17, 15) is 0 Å². The molecule has 2 heteroatoms. The molecule has 2 aliphatic rings. The highest BCUT2D eigenvalue weighted by atomic mass is 16.5. The topological polar surface area (TPSA) is 12.5 Å². The third-order valence-corrected chi connectivity index (χ3v) is 6.18. The van der Waals surface area contributed by atoms with Gasteiger partial charge < -0.3 is 9.64 Å². The van der Waals surface area contributed by atoms with Crippen LogP contribution in [0.5, 0.6) is 0 Å². The Bertz CT molecular complexity index is 716. The van der Waals surface area contributed by atoms with Gasteiger partial charge in [0.1, 0.15) is 0 Å². The summed E-state index contributed by atoms with van der Waals surface area (Å²) in [6, 6.07) is 18.1. The number of aryl methyl sites for hydroxylation is 1. The molecular weight excluding hydrogens is 306 g/mol. The summed E-state index contributed by atoms with van der Waals surface area (Å²) in [6.07, 6.45) is 2.54. The first kappa shape index (κ1) is 16.7. The van der Waals surface area contributed by atoms with Crippen LogP contribution in [-0.4, -0.2) is 26.3 Å². The fourth-order valence-electron chi connectivity index (χ4n) is 4.33. The number of nitrogens with zero attached hydrogens (tertiary/aromatic N) is 1. The molecule has 2 aromatic carbocycles. The Morgan fingerprint density at radius 2 is 1.52 bits per heavy atom. The largest absolute Gasteiger partial charge is 0.381 e. The lowest BCUT2D eigenvalue weighted by molar-refractivity contribution is -0.0234. The van der Waals surface area contributed by atoms with Crippen LogP contribution in [0.25, 0.3) is 0 Å². The predicted molar refractivity (Wildman–Crippen MR) is 104 cm³/mol. The van der Waals surface area contributed by atoms with Gasteiger partial charge in [0.25, 0.3) is 0 Å². The number of hydrogen-bond donors (Lipinski definition) is 0. The molecule has 0 bridgehead atoms. The Labute approximate surface area is 151 Å². The summed E-state index contributed by atoms with van der Waals surface area (Å²) in [6.45, 7) is 11.0. The van der Waals surface area contributed by atoms with E-state index in [4.69, 9.17) is 4.74 Å². The van der Waals surface area contributed by atoms with Crippen LogP contribution < -0.4 is 4.90 Å². The van der Waals surface area contributed by atoms with Gasteiger partial charge in [-0.15, -0.1) is 0 Å². The first-order valence-corrected chi connectivity index (χ1v) is 9.49. The number of anilines is 1. The highest BCUT2D eigenvalue weighted by Crippen LogP contribution is 2.41. The van der Waals surface area contributed by atoms with E-state index in [1.807, 2.05) is 0 Å². The predicted octanol–water partition coefficient (Wildman–Crippen LogP) is 4.94. The molecule has 25 heavy (non-hydrogen) atoms. The molecule has 132 valence electrons. The molecule has 0 radical (unpaired) electrons. The van der Waals surface area contributed by atoms with Crippen LogP contribution in [-0.2, 0) is 10.2 Å². The average Bonchev–Trinajstić information content (AvgIpc) is 2.61. The van der Waals surface area contributed by atoms with E-state index in [0.717, 1.165) is 26.3 Å². The van der Waals surface area contributed by atoms with Crippen LogP contribution in [0, 0.1) is 12.3 Å². The lowest BCUT2D eigenvalue weighted by Crippen LogP contribution is -2.60. The highest BCUT2D eigenvalue weighted by molar-refractivity contribution is 5.53. The van der Waals surface area contributed by atoms with Crippen molar-refractivity contribution in [2.75, 3.05) is 31.2 Å². The molecule has 2 fully saturated rings. The maximum Gasteiger partial charge on any atom is 0.0556 e. The third kappa shape index (κ3) is 3.08. The van der Waals surface area contributed by atoms with E-state index in [1.54, 1.807) is 0 Å². The summed E-state index contributed by atoms with van der Waals surface area (Å²) in [4.78, 5) is 2.50. The van der Waals surface area contributed by atoms with Crippen molar-refractivity contribution in [1.82, 2.24) is 0 Å². The Hall–Kier alpha value is -1.80. The molecular formula is C23H29NO. The smallest absolute Gasteiger partial charge is 0.0556 e. The number of benzene rings is 2. The average molecular weight is 335 g/mol. The number of rotatable bonds is 3. The molecule has 0 aliphatic carbocycles. The van der Waals surface area contributed by atoms with Gasteiger partial charge in [0, 0.05) is 36.2 Å². The summed E-state index contributed by atoms with van der Waals surface area (Å²) >= 11 is 0. The first-order valence-electron chi connectivity index (χ1n) is 9.49. The maximum atomic E-state index is 5.71. The second-order valence-corrected chi connectivity index (χ2v) is 8.55. The summed E-state index contributed by atoms with van der Waals surface area (Å²) in [5.74, 6) is 0. The molecule has 0 N–H and O–H groups in total. The minimum absolute atomic E-state index is 0.0274. The standard InChI is InChI=1S/C23H29NO/c1-18-5-7-19(8-6-18)22(2,3)20-9-11-21(12-10-20)24-15-23(16-24)13-4-14-25-17-23/h5-12H,4,13-17H2,1-3H3. The van der Waals surface area contributed by atoms with Crippen molar-refractivity contribution < 1.29 is 4.74 Å². The van der Waals surface area contributed by atoms with Crippen LogP contribution in [0.4, 0.5) is 5.69 Å². The van der Waals surface area contributed by atoms with Crippen molar-refractivity contribution in [2.45, 2.75) is 39.0 Å². The van der Waals surface area contributed by atoms with Gasteiger partial charge >= 0.3 is 0 Å². The molecule has 0 atom stereocenters. The molecule has 0 amide bonds. The van der Waals surface area contributed by atoms with Gasteiger partial charge in [-0.25, -0.2) is 0 Å². The van der Waals surface area contributed by atoms with Crippen LogP contribution in [0.3, 0.4) is 0 Å². The first-order chi connectivity index (χ1) is 12.0. The van der Waals surface area contributed by atoms with Crippen molar-refractivity contribution in [3.63, 3.8) is 0 Å². The van der Waals surface area contributed by atoms with E-state index in [2.05, 4.69) is 74.2 Å². The summed E-state index contributed by atoms with van der Waals surface area (Å²) in [5, 5.41) is 0. The fraction of sp³-hybridized carbons (Fsp3) is 0.478. The van der Waals surface area contributed by atoms with Gasteiger partial charge in [0.05, 0.1) is 6.61 Å². The fourth-order valence-corrected chi connectivity index (χ4v) is 4.33. The van der Waals surface area contributed by atoms with Crippen LogP contribution in [0.2, 0.25) is 0 Å². The van der Waals surface area contributed by atoms with Crippen molar-refractivity contribution in [1.29, 1.82) is 0 Å². The van der Waals surface area contributed by atoms with Crippen LogP contribution in [0.1, 0.15) is 43.4 Å². The van der Waals surface area contributed by atoms with Crippen molar-refractivity contribution in [3.05, 3.63) is 65.2 Å². The van der Waals surface area contributed by atoms with Crippen LogP contribution >= 0.6 is 0 Å². The Morgan fingerprint density at radius 1 is 0.920 bits per heavy atom. The van der Waals surface area contributed by atoms with Gasteiger partial charge in [-0.05, 0) is 43.0 Å². The highest BCUT2D eigenvalue weighted by Gasteiger charge is 2.44. The quantitative estimate of drug-likeness (QED) is 0.788. The third-order valence-electron chi connectivity index (χ3n) is 6.18. The zero-order valence-electron chi connectivity index (χ0n) is 15.7. The Balaban J connectivity index is 1.48. The van der Waals surface area contributed by atoms with E-state index in [-0.39, 0.29) is 5.41 Å². The number of ether oxygens (including phenoxy) is 1. The molecule has 2 aliphatic heterocycles. The molecule has 0 aromatic heterocycles. The van der Waals surface area contributed by atoms with Gasteiger partial charge in [0.2, 0.25) is 0 Å². The normalized spacial score (nSPS) is 19.7. The monoisotopic (exact) mass is 335 g/mol. The molecule has 0 unspecified atom stereocenters. The van der Waals surface area contributed by atoms with Crippen molar-refractivity contribution in [3.8, 4) is 0 Å². The second kappa shape index (κ2) is 6.17. The van der Waals surface area contributed by atoms with Gasteiger partial charge in [-0.1, -0.05) is 55.8 Å². The summed E-state index contributed by atoms with van der Waals surface area (Å²) in [7, 11) is 0. The van der Waals surface area contributed by atoms with Crippen molar-refractivity contribution >= 4 is 5.69 Å². The zero-order valence-corrected chi connectivity index (χ0v) is 15.7.